The molecule has 3 N–H and O–H groups in total. The van der Waals surface area contributed by atoms with E-state index in [-0.39, 0.29) is 11.8 Å². The van der Waals surface area contributed by atoms with Gasteiger partial charge >= 0.3 is 0 Å². The number of hydrogen-bond acceptors (Lipinski definition) is 4. The van der Waals surface area contributed by atoms with Gasteiger partial charge in [0, 0.05) is 18.7 Å². The van der Waals surface area contributed by atoms with Crippen LogP contribution in [-0.4, -0.2) is 22.4 Å². The third-order valence-electron chi connectivity index (χ3n) is 2.08. The number of amides is 1. The molecule has 5 heteroatoms. The van der Waals surface area contributed by atoms with Gasteiger partial charge in [0.05, 0.1) is 12.2 Å². The van der Waals surface area contributed by atoms with Crippen LogP contribution >= 0.6 is 0 Å². The lowest BCUT2D eigenvalue weighted by atomic mass is 10.2. The first-order valence-electron chi connectivity index (χ1n) is 4.89. The van der Waals surface area contributed by atoms with Crippen LogP contribution in [0, 0.1) is 12.8 Å². The molecular weight excluding hydrogens is 192 g/mol. The number of nitrogens with two attached hydrogens (primary N) is 1. The van der Waals surface area contributed by atoms with Crippen molar-refractivity contribution in [2.24, 2.45) is 11.7 Å². The number of aryl methyl sites for hydroxylation is 1. The van der Waals surface area contributed by atoms with Crippen molar-refractivity contribution in [2.45, 2.75) is 20.4 Å². The molecule has 0 spiro atoms. The van der Waals surface area contributed by atoms with E-state index in [1.807, 2.05) is 6.92 Å². The molecular formula is C10H16N4O. The van der Waals surface area contributed by atoms with Crippen molar-refractivity contribution >= 4 is 5.91 Å². The van der Waals surface area contributed by atoms with E-state index >= 15 is 0 Å². The van der Waals surface area contributed by atoms with Crippen molar-refractivity contribution in [2.75, 3.05) is 6.54 Å². The first-order valence-corrected chi connectivity index (χ1v) is 4.89. The van der Waals surface area contributed by atoms with Gasteiger partial charge in [-0.25, -0.2) is 9.97 Å². The number of nitrogens with zero attached hydrogens (tertiary/aromatic N) is 2. The highest BCUT2D eigenvalue weighted by Gasteiger charge is 2.09. The molecule has 0 aliphatic heterocycles. The van der Waals surface area contributed by atoms with Crippen LogP contribution in [-0.2, 0) is 11.3 Å². The van der Waals surface area contributed by atoms with Crippen LogP contribution in [0.2, 0.25) is 0 Å². The summed E-state index contributed by atoms with van der Waals surface area (Å²) >= 11 is 0. The molecule has 15 heavy (non-hydrogen) atoms. The van der Waals surface area contributed by atoms with E-state index in [1.54, 1.807) is 19.2 Å². The van der Waals surface area contributed by atoms with E-state index in [0.29, 0.717) is 18.9 Å². The largest absolute Gasteiger partial charge is 0.350 e. The smallest absolute Gasteiger partial charge is 0.224 e. The summed E-state index contributed by atoms with van der Waals surface area (Å²) in [5, 5.41) is 2.77. The minimum Gasteiger partial charge on any atom is -0.350 e. The quantitative estimate of drug-likeness (QED) is 0.729. The summed E-state index contributed by atoms with van der Waals surface area (Å²) in [4.78, 5) is 19.5. The molecule has 5 nitrogen and oxygen atoms in total. The predicted molar refractivity (Wildman–Crippen MR) is 56.8 cm³/mol. The zero-order chi connectivity index (χ0) is 11.3. The summed E-state index contributed by atoms with van der Waals surface area (Å²) in [5.41, 5.74) is 6.19. The van der Waals surface area contributed by atoms with E-state index in [0.717, 1.165) is 5.69 Å². The molecule has 0 aliphatic carbocycles. The Morgan fingerprint density at radius 2 is 2.40 bits per heavy atom. The molecule has 0 saturated carbocycles. The molecule has 0 aromatic carbocycles. The Hall–Kier alpha value is -1.49. The Bertz CT molecular complexity index is 340. The van der Waals surface area contributed by atoms with Crippen LogP contribution < -0.4 is 11.1 Å². The van der Waals surface area contributed by atoms with Gasteiger partial charge in [0.15, 0.2) is 0 Å². The molecule has 1 atom stereocenters. The molecule has 1 unspecified atom stereocenters. The zero-order valence-corrected chi connectivity index (χ0v) is 9.03. The fourth-order valence-corrected chi connectivity index (χ4v) is 1.06. The van der Waals surface area contributed by atoms with E-state index in [2.05, 4.69) is 15.3 Å². The van der Waals surface area contributed by atoms with Crippen molar-refractivity contribution in [3.63, 3.8) is 0 Å². The van der Waals surface area contributed by atoms with E-state index in [9.17, 15) is 4.79 Å². The maximum absolute atomic E-state index is 11.4. The fourth-order valence-electron chi connectivity index (χ4n) is 1.06. The van der Waals surface area contributed by atoms with Gasteiger partial charge < -0.3 is 11.1 Å². The monoisotopic (exact) mass is 208 g/mol. The van der Waals surface area contributed by atoms with Crippen LogP contribution in [0.1, 0.15) is 18.4 Å². The molecule has 1 aromatic rings. The Balaban J connectivity index is 2.47. The standard InChI is InChI=1S/C10H16N4O/c1-7(5-11)10(15)13-6-9-3-4-12-8(2)14-9/h3-4,7H,5-6,11H2,1-2H3,(H,13,15). The lowest BCUT2D eigenvalue weighted by Crippen LogP contribution is -2.33. The van der Waals surface area contributed by atoms with E-state index in [1.165, 1.54) is 0 Å². The van der Waals surface area contributed by atoms with Crippen LogP contribution in [0.4, 0.5) is 0 Å². The summed E-state index contributed by atoms with van der Waals surface area (Å²) in [6, 6.07) is 1.78. The average molecular weight is 208 g/mol. The van der Waals surface area contributed by atoms with Crippen LogP contribution in [0.5, 0.6) is 0 Å². The number of hydrogen-bond donors (Lipinski definition) is 2. The second kappa shape index (κ2) is 5.41. The Morgan fingerprint density at radius 3 is 3.00 bits per heavy atom. The maximum Gasteiger partial charge on any atom is 0.224 e. The minimum atomic E-state index is -0.159. The lowest BCUT2D eigenvalue weighted by Gasteiger charge is -2.09. The first kappa shape index (κ1) is 11.6. The minimum absolute atomic E-state index is 0.0474. The summed E-state index contributed by atoms with van der Waals surface area (Å²) in [7, 11) is 0. The van der Waals surface area contributed by atoms with Crippen molar-refractivity contribution in [3.05, 3.63) is 23.8 Å². The predicted octanol–water partition coefficient (Wildman–Crippen LogP) is -0.00398. The maximum atomic E-state index is 11.4. The highest BCUT2D eigenvalue weighted by molar-refractivity contribution is 5.78. The molecule has 1 rings (SSSR count). The molecule has 1 aromatic heterocycles. The Labute approximate surface area is 89.1 Å². The van der Waals surface area contributed by atoms with Crippen LogP contribution in [0.25, 0.3) is 0 Å². The number of carbonyl (C=O) groups is 1. The van der Waals surface area contributed by atoms with E-state index < -0.39 is 0 Å². The summed E-state index contributed by atoms with van der Waals surface area (Å²) in [5.74, 6) is 0.496. The number of rotatable bonds is 4. The molecule has 0 fully saturated rings. The van der Waals surface area contributed by atoms with Crippen LogP contribution in [0.3, 0.4) is 0 Å². The average Bonchev–Trinajstić information content (AvgIpc) is 2.25. The summed E-state index contributed by atoms with van der Waals surface area (Å²) in [6.07, 6.45) is 1.68. The van der Waals surface area contributed by atoms with Crippen LogP contribution in [0.15, 0.2) is 12.3 Å². The van der Waals surface area contributed by atoms with Crippen molar-refractivity contribution in [1.82, 2.24) is 15.3 Å². The van der Waals surface area contributed by atoms with Gasteiger partial charge in [-0.2, -0.15) is 0 Å². The van der Waals surface area contributed by atoms with Crippen molar-refractivity contribution in [1.29, 1.82) is 0 Å². The SMILES string of the molecule is Cc1nccc(CNC(=O)C(C)CN)n1. The van der Waals surface area contributed by atoms with Gasteiger partial charge in [0.25, 0.3) is 0 Å². The first-order chi connectivity index (χ1) is 7.13. The highest BCUT2D eigenvalue weighted by atomic mass is 16.1. The van der Waals surface area contributed by atoms with Gasteiger partial charge in [0.1, 0.15) is 5.82 Å². The van der Waals surface area contributed by atoms with Gasteiger partial charge in [-0.15, -0.1) is 0 Å². The van der Waals surface area contributed by atoms with Gasteiger partial charge in [-0.05, 0) is 13.0 Å². The molecule has 1 heterocycles. The summed E-state index contributed by atoms with van der Waals surface area (Å²) < 4.78 is 0. The van der Waals surface area contributed by atoms with Gasteiger partial charge in [-0.3, -0.25) is 4.79 Å². The second-order valence-corrected chi connectivity index (χ2v) is 3.45. The third-order valence-corrected chi connectivity index (χ3v) is 2.08. The van der Waals surface area contributed by atoms with Gasteiger partial charge in [0.2, 0.25) is 5.91 Å². The normalized spacial score (nSPS) is 12.2. The number of carbonyl (C=O) groups excluding carboxylic acids is 1. The molecule has 0 saturated heterocycles. The summed E-state index contributed by atoms with van der Waals surface area (Å²) in [6.45, 7) is 4.38. The molecule has 1 amide bonds. The van der Waals surface area contributed by atoms with Crippen molar-refractivity contribution < 1.29 is 4.79 Å². The third kappa shape index (κ3) is 3.63. The number of aromatic nitrogens is 2. The van der Waals surface area contributed by atoms with Crippen molar-refractivity contribution in [3.8, 4) is 0 Å². The molecule has 0 aliphatic rings. The Kier molecular flexibility index (Phi) is 4.17. The topological polar surface area (TPSA) is 80.9 Å². The second-order valence-electron chi connectivity index (χ2n) is 3.45. The molecule has 82 valence electrons. The molecule has 0 bridgehead atoms. The number of nitrogens with one attached hydrogen (secondary N) is 1. The van der Waals surface area contributed by atoms with Gasteiger partial charge in [-0.1, -0.05) is 6.92 Å². The van der Waals surface area contributed by atoms with E-state index in [4.69, 9.17) is 5.73 Å². The fraction of sp³-hybridized carbons (Fsp3) is 0.500. The Morgan fingerprint density at radius 1 is 1.67 bits per heavy atom. The lowest BCUT2D eigenvalue weighted by molar-refractivity contribution is -0.124. The zero-order valence-electron chi connectivity index (χ0n) is 9.03. The highest BCUT2D eigenvalue weighted by Crippen LogP contribution is 1.96. The molecule has 0 radical (unpaired) electrons.